The molecule has 1 aromatic carbocycles. The summed E-state index contributed by atoms with van der Waals surface area (Å²) >= 11 is 0. The Hall–Kier alpha value is -0.560. The molecule has 8 heteroatoms. The summed E-state index contributed by atoms with van der Waals surface area (Å²) in [6.45, 7) is 7.62. The third-order valence-electron chi connectivity index (χ3n) is 4.93. The van der Waals surface area contributed by atoms with E-state index >= 15 is 0 Å². The van der Waals surface area contributed by atoms with Gasteiger partial charge in [0.05, 0.1) is 6.54 Å². The molecule has 1 heterocycles. The molecular formula is C19H33Cl3N4O. The molecule has 0 radical (unpaired) electrons. The first kappa shape index (κ1) is 26.4. The number of carbonyl (C=O) groups is 1. The van der Waals surface area contributed by atoms with E-state index in [0.29, 0.717) is 13.1 Å². The Morgan fingerprint density at radius 2 is 1.59 bits per heavy atom. The van der Waals surface area contributed by atoms with Crippen LogP contribution in [0.15, 0.2) is 24.3 Å². The van der Waals surface area contributed by atoms with Crippen molar-refractivity contribution in [2.24, 2.45) is 5.92 Å². The summed E-state index contributed by atoms with van der Waals surface area (Å²) in [6.07, 6.45) is 2.63. The maximum Gasteiger partial charge on any atom is 0.234 e. The first-order valence-corrected chi connectivity index (χ1v) is 9.15. The molecule has 5 nitrogen and oxygen atoms in total. The molecule has 27 heavy (non-hydrogen) atoms. The smallest absolute Gasteiger partial charge is 0.234 e. The van der Waals surface area contributed by atoms with Crippen LogP contribution in [-0.2, 0) is 17.9 Å². The molecule has 0 aromatic heterocycles. The van der Waals surface area contributed by atoms with Crippen molar-refractivity contribution in [3.8, 4) is 0 Å². The first-order valence-electron chi connectivity index (χ1n) is 9.15. The minimum Gasteiger partial charge on any atom is -0.351 e. The Morgan fingerprint density at radius 3 is 2.19 bits per heavy atom. The highest BCUT2D eigenvalue weighted by Crippen LogP contribution is 2.27. The molecule has 0 spiro atoms. The van der Waals surface area contributed by atoms with E-state index in [-0.39, 0.29) is 43.1 Å². The Kier molecular flexibility index (Phi) is 13.3. The maximum atomic E-state index is 11.8. The molecule has 2 N–H and O–H groups in total. The Morgan fingerprint density at radius 1 is 1.00 bits per heavy atom. The minimum atomic E-state index is 0. The monoisotopic (exact) mass is 438 g/mol. The Labute approximate surface area is 181 Å². The van der Waals surface area contributed by atoms with Gasteiger partial charge in [0.2, 0.25) is 5.91 Å². The van der Waals surface area contributed by atoms with Gasteiger partial charge in [0.1, 0.15) is 0 Å². The van der Waals surface area contributed by atoms with Gasteiger partial charge in [-0.2, -0.15) is 0 Å². The number of hydrogen-bond donors (Lipinski definition) is 2. The van der Waals surface area contributed by atoms with Crippen molar-refractivity contribution >= 4 is 43.1 Å². The largest absolute Gasteiger partial charge is 0.351 e. The summed E-state index contributed by atoms with van der Waals surface area (Å²) in [6, 6.07) is 8.63. The second-order valence-electron chi connectivity index (χ2n) is 7.25. The molecular weight excluding hydrogens is 407 g/mol. The van der Waals surface area contributed by atoms with E-state index in [2.05, 4.69) is 51.7 Å². The van der Waals surface area contributed by atoms with Crippen molar-refractivity contribution in [2.45, 2.75) is 25.9 Å². The van der Waals surface area contributed by atoms with E-state index in [0.717, 1.165) is 50.7 Å². The normalized spacial score (nSPS) is 17.2. The van der Waals surface area contributed by atoms with Gasteiger partial charge >= 0.3 is 0 Å². The van der Waals surface area contributed by atoms with Crippen molar-refractivity contribution in [3.63, 3.8) is 0 Å². The zero-order valence-corrected chi connectivity index (χ0v) is 18.4. The van der Waals surface area contributed by atoms with Crippen LogP contribution in [0.1, 0.15) is 24.0 Å². The molecule has 156 valence electrons. The topological polar surface area (TPSA) is 47.6 Å². The number of amides is 1. The van der Waals surface area contributed by atoms with Crippen molar-refractivity contribution in [2.75, 3.05) is 46.3 Å². The third-order valence-corrected chi connectivity index (χ3v) is 4.93. The van der Waals surface area contributed by atoms with Crippen molar-refractivity contribution in [3.05, 3.63) is 35.4 Å². The van der Waals surface area contributed by atoms with Crippen molar-refractivity contribution in [1.29, 1.82) is 0 Å². The van der Waals surface area contributed by atoms with E-state index in [4.69, 9.17) is 0 Å². The molecule has 1 saturated carbocycles. The fourth-order valence-corrected chi connectivity index (χ4v) is 3.00. The van der Waals surface area contributed by atoms with Gasteiger partial charge < -0.3 is 15.5 Å². The van der Waals surface area contributed by atoms with E-state index in [1.807, 2.05) is 0 Å². The van der Waals surface area contributed by atoms with Crippen LogP contribution in [0.5, 0.6) is 0 Å². The average Bonchev–Trinajstić information content (AvgIpc) is 3.41. The number of benzene rings is 1. The van der Waals surface area contributed by atoms with Crippen LogP contribution < -0.4 is 10.6 Å². The lowest BCUT2D eigenvalue weighted by Crippen LogP contribution is -2.43. The summed E-state index contributed by atoms with van der Waals surface area (Å²) < 4.78 is 0. The zero-order valence-electron chi connectivity index (χ0n) is 16.0. The molecule has 1 aromatic rings. The van der Waals surface area contributed by atoms with Crippen LogP contribution in [0.25, 0.3) is 0 Å². The average molecular weight is 440 g/mol. The summed E-state index contributed by atoms with van der Waals surface area (Å²) in [5, 5.41) is 6.20. The van der Waals surface area contributed by atoms with E-state index in [1.165, 1.54) is 18.4 Å². The number of carbonyl (C=O) groups excluding carboxylic acids is 1. The van der Waals surface area contributed by atoms with Crippen LogP contribution in [0.2, 0.25) is 0 Å². The fourth-order valence-electron chi connectivity index (χ4n) is 3.00. The molecule has 0 unspecified atom stereocenters. The number of nitrogens with one attached hydrogen (secondary N) is 2. The fraction of sp³-hybridized carbons (Fsp3) is 0.632. The lowest BCUT2D eigenvalue weighted by Gasteiger charge is -2.32. The Bertz CT molecular complexity index is 532. The summed E-state index contributed by atoms with van der Waals surface area (Å²) in [5.41, 5.74) is 2.51. The molecule has 2 fully saturated rings. The number of rotatable bonds is 8. The van der Waals surface area contributed by atoms with Gasteiger partial charge in [-0.15, -0.1) is 37.2 Å². The van der Waals surface area contributed by atoms with Gasteiger partial charge in [0, 0.05) is 39.3 Å². The summed E-state index contributed by atoms with van der Waals surface area (Å²) in [5.74, 6) is 0.891. The van der Waals surface area contributed by atoms with Gasteiger partial charge in [-0.3, -0.25) is 9.69 Å². The van der Waals surface area contributed by atoms with Crippen LogP contribution >= 0.6 is 37.2 Å². The lowest BCUT2D eigenvalue weighted by atomic mass is 10.1. The number of halogens is 3. The maximum absolute atomic E-state index is 11.8. The minimum absolute atomic E-state index is 0. The van der Waals surface area contributed by atoms with Crippen LogP contribution in [0.4, 0.5) is 0 Å². The van der Waals surface area contributed by atoms with E-state index in [9.17, 15) is 4.79 Å². The zero-order chi connectivity index (χ0) is 16.8. The SMILES string of the molecule is CN1CCN(Cc2ccc(CNC(=O)CNCC3CC3)cc2)CC1.Cl.Cl.Cl. The number of likely N-dealkylation sites (N-methyl/N-ethyl adjacent to an activating group) is 1. The molecule has 1 amide bonds. The predicted molar refractivity (Wildman–Crippen MR) is 118 cm³/mol. The van der Waals surface area contributed by atoms with Crippen LogP contribution in [-0.4, -0.2) is 62.0 Å². The van der Waals surface area contributed by atoms with Gasteiger partial charge in [-0.25, -0.2) is 0 Å². The molecule has 1 aliphatic heterocycles. The number of nitrogens with zero attached hydrogens (tertiary/aromatic N) is 2. The van der Waals surface area contributed by atoms with Gasteiger partial charge in [0.15, 0.2) is 0 Å². The standard InChI is InChI=1S/C19H30N4O.3ClH/c1-22-8-10-23(11-9-22)15-18-6-4-17(5-7-18)13-21-19(24)14-20-12-16-2-3-16;;;/h4-7,16,20H,2-3,8-15H2,1H3,(H,21,24);3*1H. The second kappa shape index (κ2) is 13.6. The molecule has 2 aliphatic rings. The highest BCUT2D eigenvalue weighted by molar-refractivity contribution is 5.86. The predicted octanol–water partition coefficient (Wildman–Crippen LogP) is 2.32. The third kappa shape index (κ3) is 9.97. The molecule has 0 atom stereocenters. The highest BCUT2D eigenvalue weighted by atomic mass is 35.5. The summed E-state index contributed by atoms with van der Waals surface area (Å²) in [4.78, 5) is 16.7. The quantitative estimate of drug-likeness (QED) is 0.652. The number of hydrogen-bond acceptors (Lipinski definition) is 4. The molecule has 1 saturated heterocycles. The van der Waals surface area contributed by atoms with Crippen molar-refractivity contribution in [1.82, 2.24) is 20.4 Å². The Balaban J connectivity index is 0.00000225. The van der Waals surface area contributed by atoms with Gasteiger partial charge in [-0.05, 0) is 43.5 Å². The summed E-state index contributed by atoms with van der Waals surface area (Å²) in [7, 11) is 2.18. The molecule has 3 rings (SSSR count). The lowest BCUT2D eigenvalue weighted by molar-refractivity contribution is -0.120. The van der Waals surface area contributed by atoms with Crippen LogP contribution in [0, 0.1) is 5.92 Å². The molecule has 1 aliphatic carbocycles. The molecule has 0 bridgehead atoms. The number of piperazine rings is 1. The van der Waals surface area contributed by atoms with Gasteiger partial charge in [-0.1, -0.05) is 24.3 Å². The van der Waals surface area contributed by atoms with E-state index < -0.39 is 0 Å². The van der Waals surface area contributed by atoms with Crippen LogP contribution in [0.3, 0.4) is 0 Å². The van der Waals surface area contributed by atoms with E-state index in [1.54, 1.807) is 0 Å². The van der Waals surface area contributed by atoms with Crippen molar-refractivity contribution < 1.29 is 4.79 Å². The highest BCUT2D eigenvalue weighted by Gasteiger charge is 2.20. The second-order valence-corrected chi connectivity index (χ2v) is 7.25. The van der Waals surface area contributed by atoms with Gasteiger partial charge in [0.25, 0.3) is 0 Å². The first-order chi connectivity index (χ1) is 11.7.